The predicted molar refractivity (Wildman–Crippen MR) is 42.1 cm³/mol. The molecular formula is C9H15NaO3. The maximum Gasteiger partial charge on any atom is 1.00 e. The number of carboxylic acid groups (broad SMARTS) is 1. The first-order valence-corrected chi connectivity index (χ1v) is 4.31. The molecule has 0 saturated heterocycles. The zero-order valence-electron chi connectivity index (χ0n) is 8.54. The Morgan fingerprint density at radius 2 is 2.00 bits per heavy atom. The van der Waals surface area contributed by atoms with Crippen LogP contribution < -0.4 is 34.7 Å². The van der Waals surface area contributed by atoms with Crippen LogP contribution in [-0.4, -0.2) is 17.7 Å². The van der Waals surface area contributed by atoms with E-state index in [2.05, 4.69) is 0 Å². The van der Waals surface area contributed by atoms with Crippen molar-refractivity contribution in [3.8, 4) is 0 Å². The molecule has 0 aromatic carbocycles. The Labute approximate surface area is 101 Å². The Hall–Kier alpha value is 0.430. The van der Waals surface area contributed by atoms with E-state index in [4.69, 9.17) is 5.11 Å². The molecule has 0 heterocycles. The largest absolute Gasteiger partial charge is 1.00 e. The standard InChI is InChI=1S/C9H16O3.Na/c1-9(2)6(3-4-10)7(9)5-8(11)12;/h6-7,10H,3-5H2,1-2H3,(H,11,12);/q;+1/p-1. The number of aliphatic hydroxyl groups is 1. The number of carbonyl (C=O) groups excluding carboxylic acids is 1. The van der Waals surface area contributed by atoms with E-state index in [0.29, 0.717) is 12.3 Å². The summed E-state index contributed by atoms with van der Waals surface area (Å²) in [6.07, 6.45) is 0.850. The number of aliphatic hydroxyl groups excluding tert-OH is 1. The van der Waals surface area contributed by atoms with E-state index >= 15 is 0 Å². The number of carbonyl (C=O) groups is 1. The van der Waals surface area contributed by atoms with E-state index in [1.807, 2.05) is 13.8 Å². The van der Waals surface area contributed by atoms with Crippen molar-refractivity contribution in [2.75, 3.05) is 6.61 Å². The van der Waals surface area contributed by atoms with Crippen LogP contribution in [0.4, 0.5) is 0 Å². The van der Waals surface area contributed by atoms with Crippen molar-refractivity contribution >= 4 is 5.97 Å². The van der Waals surface area contributed by atoms with E-state index in [1.165, 1.54) is 0 Å². The van der Waals surface area contributed by atoms with Gasteiger partial charge in [0.2, 0.25) is 0 Å². The molecule has 1 aliphatic carbocycles. The van der Waals surface area contributed by atoms with Crippen LogP contribution in [0.5, 0.6) is 0 Å². The third kappa shape index (κ3) is 2.94. The second-order valence-electron chi connectivity index (χ2n) is 4.12. The fourth-order valence-electron chi connectivity index (χ4n) is 2.15. The number of aliphatic carboxylic acids is 1. The summed E-state index contributed by atoms with van der Waals surface area (Å²) in [5.41, 5.74) is 0.0861. The van der Waals surface area contributed by atoms with Gasteiger partial charge in [-0.25, -0.2) is 0 Å². The van der Waals surface area contributed by atoms with Gasteiger partial charge in [0, 0.05) is 12.6 Å². The fourth-order valence-corrected chi connectivity index (χ4v) is 2.15. The van der Waals surface area contributed by atoms with Crippen LogP contribution in [0, 0.1) is 17.3 Å². The van der Waals surface area contributed by atoms with Gasteiger partial charge in [-0.1, -0.05) is 13.8 Å². The molecule has 2 atom stereocenters. The summed E-state index contributed by atoms with van der Waals surface area (Å²) < 4.78 is 0. The second-order valence-corrected chi connectivity index (χ2v) is 4.12. The molecular weight excluding hydrogens is 179 g/mol. The topological polar surface area (TPSA) is 60.4 Å². The third-order valence-electron chi connectivity index (χ3n) is 3.11. The SMILES string of the molecule is CC1(C)C(CCO)C1CC(=O)[O-].[Na+]. The van der Waals surface area contributed by atoms with E-state index in [1.54, 1.807) is 0 Å². The minimum Gasteiger partial charge on any atom is -0.550 e. The smallest absolute Gasteiger partial charge is 0.550 e. The maximum atomic E-state index is 10.3. The van der Waals surface area contributed by atoms with Gasteiger partial charge in [-0.3, -0.25) is 0 Å². The van der Waals surface area contributed by atoms with Crippen molar-refractivity contribution in [2.45, 2.75) is 26.7 Å². The molecule has 0 bridgehead atoms. The predicted octanol–water partition coefficient (Wildman–Crippen LogP) is -3.21. The molecule has 0 aliphatic heterocycles. The van der Waals surface area contributed by atoms with Crippen LogP contribution in [0.1, 0.15) is 26.7 Å². The Morgan fingerprint density at radius 1 is 1.46 bits per heavy atom. The van der Waals surface area contributed by atoms with Crippen LogP contribution in [0.3, 0.4) is 0 Å². The van der Waals surface area contributed by atoms with Crippen molar-refractivity contribution in [2.24, 2.45) is 17.3 Å². The Balaban J connectivity index is 0.00000144. The number of hydrogen-bond acceptors (Lipinski definition) is 3. The Morgan fingerprint density at radius 3 is 2.38 bits per heavy atom. The zero-order chi connectivity index (χ0) is 9.35. The molecule has 0 radical (unpaired) electrons. The van der Waals surface area contributed by atoms with Gasteiger partial charge in [-0.15, -0.1) is 0 Å². The molecule has 3 nitrogen and oxygen atoms in total. The molecule has 0 aromatic rings. The number of hydrogen-bond donors (Lipinski definition) is 1. The van der Waals surface area contributed by atoms with Crippen molar-refractivity contribution in [3.05, 3.63) is 0 Å². The summed E-state index contributed by atoms with van der Waals surface area (Å²) in [6, 6.07) is 0. The van der Waals surface area contributed by atoms with Crippen LogP contribution in [0.15, 0.2) is 0 Å². The first-order chi connectivity index (χ1) is 5.50. The van der Waals surface area contributed by atoms with Gasteiger partial charge in [0.1, 0.15) is 0 Å². The van der Waals surface area contributed by atoms with Gasteiger partial charge in [0.05, 0.1) is 0 Å². The van der Waals surface area contributed by atoms with Gasteiger partial charge in [0.15, 0.2) is 0 Å². The molecule has 4 heteroatoms. The minimum atomic E-state index is -0.978. The van der Waals surface area contributed by atoms with Crippen LogP contribution in [-0.2, 0) is 4.79 Å². The van der Waals surface area contributed by atoms with Crippen molar-refractivity contribution in [1.82, 2.24) is 0 Å². The van der Waals surface area contributed by atoms with E-state index in [9.17, 15) is 9.90 Å². The summed E-state index contributed by atoms with van der Waals surface area (Å²) in [5, 5.41) is 19.0. The molecule has 13 heavy (non-hydrogen) atoms. The van der Waals surface area contributed by atoms with Gasteiger partial charge in [-0.05, 0) is 30.1 Å². The third-order valence-corrected chi connectivity index (χ3v) is 3.11. The van der Waals surface area contributed by atoms with E-state index in [-0.39, 0.29) is 53.9 Å². The number of rotatable bonds is 4. The quantitative estimate of drug-likeness (QED) is 0.479. The van der Waals surface area contributed by atoms with Crippen molar-refractivity contribution in [1.29, 1.82) is 0 Å². The first-order valence-electron chi connectivity index (χ1n) is 4.31. The Kier molecular flexibility index (Phi) is 4.94. The molecule has 0 spiro atoms. The molecule has 1 N–H and O–H groups in total. The van der Waals surface area contributed by atoms with E-state index < -0.39 is 5.97 Å². The van der Waals surface area contributed by atoms with Crippen LogP contribution in [0.2, 0.25) is 0 Å². The molecule has 1 saturated carbocycles. The van der Waals surface area contributed by atoms with Gasteiger partial charge in [-0.2, -0.15) is 0 Å². The summed E-state index contributed by atoms with van der Waals surface area (Å²) in [7, 11) is 0. The normalized spacial score (nSPS) is 29.2. The molecule has 1 rings (SSSR count). The van der Waals surface area contributed by atoms with E-state index in [0.717, 1.165) is 0 Å². The molecule has 1 fully saturated rings. The number of carboxylic acids is 1. The van der Waals surface area contributed by atoms with Gasteiger partial charge in [0.25, 0.3) is 0 Å². The molecule has 0 amide bonds. The summed E-state index contributed by atoms with van der Waals surface area (Å²) in [5.74, 6) is -0.413. The van der Waals surface area contributed by atoms with Crippen molar-refractivity contribution < 1.29 is 44.6 Å². The molecule has 2 unspecified atom stereocenters. The first kappa shape index (κ1) is 13.4. The average Bonchev–Trinajstić information content (AvgIpc) is 2.39. The second kappa shape index (κ2) is 4.78. The molecule has 1 aliphatic rings. The summed E-state index contributed by atoms with van der Waals surface area (Å²) >= 11 is 0. The monoisotopic (exact) mass is 194 g/mol. The zero-order valence-corrected chi connectivity index (χ0v) is 10.5. The maximum absolute atomic E-state index is 10.3. The molecule has 70 valence electrons. The van der Waals surface area contributed by atoms with Gasteiger partial charge < -0.3 is 15.0 Å². The summed E-state index contributed by atoms with van der Waals surface area (Å²) in [4.78, 5) is 10.3. The van der Waals surface area contributed by atoms with Crippen molar-refractivity contribution in [3.63, 3.8) is 0 Å². The molecule has 0 aromatic heterocycles. The minimum absolute atomic E-state index is 0. The summed E-state index contributed by atoms with van der Waals surface area (Å²) in [6.45, 7) is 4.24. The van der Waals surface area contributed by atoms with Crippen LogP contribution in [0.25, 0.3) is 0 Å². The van der Waals surface area contributed by atoms with Gasteiger partial charge >= 0.3 is 29.6 Å². The fraction of sp³-hybridized carbons (Fsp3) is 0.889. The average molecular weight is 194 g/mol. The van der Waals surface area contributed by atoms with Crippen LogP contribution >= 0.6 is 0 Å². The Bertz CT molecular complexity index is 191.